The second-order valence-corrected chi connectivity index (χ2v) is 10.4. The summed E-state index contributed by atoms with van der Waals surface area (Å²) in [6, 6.07) is 20.4. The van der Waals surface area contributed by atoms with E-state index in [0.717, 1.165) is 38.7 Å². The highest BCUT2D eigenvalue weighted by atomic mass is 35.5. The summed E-state index contributed by atoms with van der Waals surface area (Å²) in [6.07, 6.45) is 1.76. The Bertz CT molecular complexity index is 1370. The number of anilines is 1. The van der Waals surface area contributed by atoms with Crippen molar-refractivity contribution in [3.8, 4) is 11.1 Å². The van der Waals surface area contributed by atoms with Gasteiger partial charge in [-0.3, -0.25) is 9.78 Å². The van der Waals surface area contributed by atoms with Crippen LogP contribution in [0.25, 0.3) is 22.0 Å². The molecule has 0 aliphatic heterocycles. The lowest BCUT2D eigenvalue weighted by Crippen LogP contribution is -2.25. The maximum absolute atomic E-state index is 13.7. The summed E-state index contributed by atoms with van der Waals surface area (Å²) in [5, 5.41) is 4.85. The molecule has 3 nitrogen and oxygen atoms in total. The minimum Gasteiger partial charge on any atom is -0.324 e. The highest BCUT2D eigenvalue weighted by Crippen LogP contribution is 2.40. The number of pyridine rings is 1. The molecular formula is C31H33ClN2O. The van der Waals surface area contributed by atoms with E-state index in [0.29, 0.717) is 16.6 Å². The van der Waals surface area contributed by atoms with Crippen LogP contribution in [0.1, 0.15) is 61.8 Å². The Morgan fingerprint density at radius 3 is 2.20 bits per heavy atom. The number of carbonyl (C=O) groups excluding carboxylic acids is 1. The van der Waals surface area contributed by atoms with Crippen LogP contribution in [0.2, 0.25) is 5.02 Å². The molecule has 180 valence electrons. The van der Waals surface area contributed by atoms with E-state index in [1.165, 1.54) is 5.56 Å². The van der Waals surface area contributed by atoms with Crippen molar-refractivity contribution in [3.63, 3.8) is 0 Å². The zero-order valence-corrected chi connectivity index (χ0v) is 22.1. The van der Waals surface area contributed by atoms with Crippen LogP contribution < -0.4 is 5.32 Å². The predicted molar refractivity (Wildman–Crippen MR) is 148 cm³/mol. The molecule has 4 rings (SSSR count). The van der Waals surface area contributed by atoms with Gasteiger partial charge in [0.05, 0.1) is 23.3 Å². The number of carbonyl (C=O) groups is 1. The topological polar surface area (TPSA) is 42.0 Å². The van der Waals surface area contributed by atoms with E-state index in [-0.39, 0.29) is 17.7 Å². The van der Waals surface area contributed by atoms with Crippen molar-refractivity contribution < 1.29 is 4.79 Å². The number of aromatic nitrogens is 1. The van der Waals surface area contributed by atoms with E-state index in [1.54, 1.807) is 6.20 Å². The molecule has 35 heavy (non-hydrogen) atoms. The van der Waals surface area contributed by atoms with Crippen molar-refractivity contribution in [2.75, 3.05) is 5.32 Å². The van der Waals surface area contributed by atoms with Crippen molar-refractivity contribution in [2.45, 2.75) is 53.4 Å². The maximum Gasteiger partial charge on any atom is 0.232 e. The third-order valence-electron chi connectivity index (χ3n) is 6.62. The van der Waals surface area contributed by atoms with Crippen molar-refractivity contribution in [1.29, 1.82) is 0 Å². The second-order valence-electron chi connectivity index (χ2n) is 10.0. The lowest BCUT2D eigenvalue weighted by molar-refractivity contribution is -0.118. The quantitative estimate of drug-likeness (QED) is 0.297. The molecule has 3 aromatic carbocycles. The minimum atomic E-state index is -0.287. The fraction of sp³-hybridized carbons (Fsp3) is 0.290. The number of nitrogens with zero attached hydrogens (tertiary/aromatic N) is 1. The molecule has 0 saturated carbocycles. The van der Waals surface area contributed by atoms with Gasteiger partial charge in [0.25, 0.3) is 0 Å². The van der Waals surface area contributed by atoms with Gasteiger partial charge in [0.15, 0.2) is 0 Å². The third kappa shape index (κ3) is 5.11. The van der Waals surface area contributed by atoms with Gasteiger partial charge < -0.3 is 5.32 Å². The Morgan fingerprint density at radius 1 is 0.914 bits per heavy atom. The molecular weight excluding hydrogens is 452 g/mol. The van der Waals surface area contributed by atoms with Crippen molar-refractivity contribution in [3.05, 3.63) is 94.1 Å². The normalized spacial score (nSPS) is 12.4. The monoisotopic (exact) mass is 484 g/mol. The molecule has 1 atom stereocenters. The molecule has 0 radical (unpaired) electrons. The molecule has 1 N–H and O–H groups in total. The summed E-state index contributed by atoms with van der Waals surface area (Å²) >= 11 is 6.66. The maximum atomic E-state index is 13.7. The van der Waals surface area contributed by atoms with E-state index < -0.39 is 0 Å². The van der Waals surface area contributed by atoms with Crippen LogP contribution in [0.4, 0.5) is 5.69 Å². The first-order chi connectivity index (χ1) is 16.7. The van der Waals surface area contributed by atoms with Crippen LogP contribution in [0.15, 0.2) is 66.9 Å². The van der Waals surface area contributed by atoms with Crippen LogP contribution in [0.5, 0.6) is 0 Å². The Kier molecular flexibility index (Phi) is 7.28. The Balaban J connectivity index is 1.82. The van der Waals surface area contributed by atoms with Gasteiger partial charge in [-0.2, -0.15) is 0 Å². The first-order valence-corrected chi connectivity index (χ1v) is 12.6. The average Bonchev–Trinajstić information content (AvgIpc) is 2.79. The fourth-order valence-corrected chi connectivity index (χ4v) is 5.08. The SMILES string of the molecule is Cc1cc(C)c2ncc(NC(=O)C(c3ccc(C(C)C)cc3)C(C)C)c(-c3ccccc3Cl)c2c1. The number of benzene rings is 3. The molecule has 0 saturated heterocycles. The van der Waals surface area contributed by atoms with Gasteiger partial charge in [0.2, 0.25) is 5.91 Å². The van der Waals surface area contributed by atoms with Crippen LogP contribution in [-0.2, 0) is 4.79 Å². The number of aryl methyl sites for hydroxylation is 2. The first-order valence-electron chi connectivity index (χ1n) is 12.2. The summed E-state index contributed by atoms with van der Waals surface area (Å²) in [5.74, 6) is 0.243. The van der Waals surface area contributed by atoms with Crippen LogP contribution >= 0.6 is 11.6 Å². The van der Waals surface area contributed by atoms with Crippen LogP contribution in [0, 0.1) is 19.8 Å². The van der Waals surface area contributed by atoms with Gasteiger partial charge in [0, 0.05) is 21.5 Å². The van der Waals surface area contributed by atoms with E-state index in [4.69, 9.17) is 16.6 Å². The number of hydrogen-bond acceptors (Lipinski definition) is 2. The van der Waals surface area contributed by atoms with Crippen LogP contribution in [0.3, 0.4) is 0 Å². The molecule has 1 heterocycles. The van der Waals surface area contributed by atoms with Gasteiger partial charge in [0.1, 0.15) is 0 Å². The fourth-order valence-electron chi connectivity index (χ4n) is 4.85. The third-order valence-corrected chi connectivity index (χ3v) is 6.95. The molecule has 1 aromatic heterocycles. The van der Waals surface area contributed by atoms with E-state index in [1.807, 2.05) is 24.3 Å². The Hall–Kier alpha value is -3.17. The number of halogens is 1. The highest BCUT2D eigenvalue weighted by molar-refractivity contribution is 6.34. The lowest BCUT2D eigenvalue weighted by atomic mass is 9.86. The van der Waals surface area contributed by atoms with Crippen molar-refractivity contribution in [1.82, 2.24) is 4.98 Å². The number of nitrogens with one attached hydrogen (secondary N) is 1. The molecule has 0 spiro atoms. The van der Waals surface area contributed by atoms with Gasteiger partial charge in [-0.05, 0) is 54.5 Å². The average molecular weight is 485 g/mol. The summed E-state index contributed by atoms with van der Waals surface area (Å²) in [6.45, 7) is 12.7. The molecule has 0 bridgehead atoms. The molecule has 0 aliphatic carbocycles. The van der Waals surface area contributed by atoms with E-state index in [9.17, 15) is 4.79 Å². The Labute approximate surface area is 213 Å². The lowest BCUT2D eigenvalue weighted by Gasteiger charge is -2.23. The van der Waals surface area contributed by atoms with Gasteiger partial charge in [-0.1, -0.05) is 93.4 Å². The molecule has 0 aliphatic rings. The number of amides is 1. The van der Waals surface area contributed by atoms with Gasteiger partial charge in [-0.15, -0.1) is 0 Å². The van der Waals surface area contributed by atoms with E-state index in [2.05, 4.69) is 83.3 Å². The number of fused-ring (bicyclic) bond motifs is 1. The molecule has 0 fully saturated rings. The summed E-state index contributed by atoms with van der Waals surface area (Å²) in [7, 11) is 0. The standard InChI is InChI=1S/C31H33ClN2O/c1-18(2)22-11-13-23(14-12-22)28(19(3)4)31(35)34-27-17-33-30-21(6)15-20(5)16-25(30)29(27)24-9-7-8-10-26(24)32/h7-19,28H,1-6H3,(H,34,35). The minimum absolute atomic E-state index is 0.0453. The highest BCUT2D eigenvalue weighted by Gasteiger charge is 2.26. The summed E-state index contributed by atoms with van der Waals surface area (Å²) in [5.41, 5.74) is 7.88. The second kappa shape index (κ2) is 10.2. The molecule has 1 amide bonds. The molecule has 4 heteroatoms. The zero-order valence-electron chi connectivity index (χ0n) is 21.3. The first kappa shape index (κ1) is 24.9. The number of rotatable bonds is 6. The zero-order chi connectivity index (χ0) is 25.3. The number of hydrogen-bond donors (Lipinski definition) is 1. The smallest absolute Gasteiger partial charge is 0.232 e. The molecule has 1 unspecified atom stereocenters. The largest absolute Gasteiger partial charge is 0.324 e. The van der Waals surface area contributed by atoms with E-state index >= 15 is 0 Å². The predicted octanol–water partition coefficient (Wildman–Crippen LogP) is 8.67. The van der Waals surface area contributed by atoms with Gasteiger partial charge >= 0.3 is 0 Å². The summed E-state index contributed by atoms with van der Waals surface area (Å²) in [4.78, 5) is 18.5. The molecule has 4 aromatic rings. The van der Waals surface area contributed by atoms with Gasteiger partial charge in [-0.25, -0.2) is 0 Å². The van der Waals surface area contributed by atoms with Crippen molar-refractivity contribution in [2.24, 2.45) is 5.92 Å². The van der Waals surface area contributed by atoms with Crippen LogP contribution in [-0.4, -0.2) is 10.9 Å². The van der Waals surface area contributed by atoms with Crippen molar-refractivity contribution >= 4 is 34.1 Å². The summed E-state index contributed by atoms with van der Waals surface area (Å²) < 4.78 is 0. The Morgan fingerprint density at radius 2 is 1.57 bits per heavy atom.